The average molecular weight is 539 g/mol. The molecule has 4 heteroatoms. The molecule has 0 aromatic heterocycles. The molecule has 2 rings (SSSR count). The number of nitrogens with zero attached hydrogens (tertiary/aromatic N) is 1. The monoisotopic (exact) mass is 538 g/mol. The minimum Gasteiger partial charge on any atom is -0.493 e. The van der Waals surface area contributed by atoms with Gasteiger partial charge in [-0.15, -0.1) is 0 Å². The molecule has 0 radical (unpaired) electrons. The molecule has 0 aliphatic heterocycles. The number of hydrogen-bond acceptors (Lipinski definition) is 3. The molecule has 0 fully saturated rings. The van der Waals surface area contributed by atoms with Gasteiger partial charge in [-0.2, -0.15) is 0 Å². The van der Waals surface area contributed by atoms with Gasteiger partial charge in [0, 0.05) is 18.4 Å². The number of quaternary nitrogens is 1. The molecule has 39 heavy (non-hydrogen) atoms. The molecule has 0 saturated carbocycles. The summed E-state index contributed by atoms with van der Waals surface area (Å²) in [5.74, 6) is 0.715. The first-order valence-electron chi connectivity index (χ1n) is 15.6. The molecule has 0 aliphatic rings. The highest BCUT2D eigenvalue weighted by Gasteiger charge is 2.21. The van der Waals surface area contributed by atoms with Crippen LogP contribution in [0.5, 0.6) is 5.75 Å². The van der Waals surface area contributed by atoms with Gasteiger partial charge >= 0.3 is 5.97 Å². The molecule has 0 saturated heterocycles. The number of rotatable bonds is 22. The normalized spacial score (nSPS) is 12.3. The van der Waals surface area contributed by atoms with Crippen LogP contribution in [0.15, 0.2) is 54.6 Å². The molecule has 0 aliphatic carbocycles. The van der Waals surface area contributed by atoms with Crippen LogP contribution in [0.1, 0.15) is 102 Å². The SMILES string of the molecule is CCCCCCCCCCCCc1cccc(OCCCOC(=O)C(C)CC[N+](C)(C)Cc2ccccc2)c1. The van der Waals surface area contributed by atoms with Crippen molar-refractivity contribution in [2.45, 2.75) is 104 Å². The van der Waals surface area contributed by atoms with Gasteiger partial charge in [0.1, 0.15) is 12.3 Å². The van der Waals surface area contributed by atoms with Crippen molar-refractivity contribution in [2.24, 2.45) is 5.92 Å². The maximum Gasteiger partial charge on any atom is 0.308 e. The predicted octanol–water partition coefficient (Wildman–Crippen LogP) is 8.76. The van der Waals surface area contributed by atoms with Gasteiger partial charge in [-0.3, -0.25) is 4.79 Å². The summed E-state index contributed by atoms with van der Waals surface area (Å²) in [4.78, 5) is 12.5. The third-order valence-corrected chi connectivity index (χ3v) is 7.54. The zero-order valence-electron chi connectivity index (χ0n) is 25.5. The standard InChI is InChI=1S/C35H56NO3/c1-5-6-7-8-9-10-11-12-13-15-20-32-23-18-24-34(29-32)38-27-19-28-39-35(37)31(2)25-26-36(3,4)30-33-21-16-14-17-22-33/h14,16-18,21-24,29,31H,5-13,15,19-20,25-28,30H2,1-4H3/q+1. The zero-order chi connectivity index (χ0) is 28.2. The van der Waals surface area contributed by atoms with Crippen molar-refractivity contribution < 1.29 is 18.8 Å². The van der Waals surface area contributed by atoms with Gasteiger partial charge < -0.3 is 14.0 Å². The van der Waals surface area contributed by atoms with E-state index in [-0.39, 0.29) is 11.9 Å². The molecule has 0 heterocycles. The Kier molecular flexibility index (Phi) is 16.6. The Hall–Kier alpha value is -2.33. The van der Waals surface area contributed by atoms with Crippen LogP contribution >= 0.6 is 0 Å². The number of unbranched alkanes of at least 4 members (excludes halogenated alkanes) is 9. The molecule has 1 atom stereocenters. The van der Waals surface area contributed by atoms with E-state index in [4.69, 9.17) is 9.47 Å². The lowest BCUT2D eigenvalue weighted by atomic mass is 10.0. The summed E-state index contributed by atoms with van der Waals surface area (Å²) in [6, 6.07) is 19.0. The van der Waals surface area contributed by atoms with Gasteiger partial charge in [0.2, 0.25) is 0 Å². The van der Waals surface area contributed by atoms with E-state index in [9.17, 15) is 4.79 Å². The van der Waals surface area contributed by atoms with E-state index in [0.717, 1.165) is 36.2 Å². The molecule has 0 bridgehead atoms. The fraction of sp³-hybridized carbons (Fsp3) is 0.629. The third kappa shape index (κ3) is 15.8. The first-order valence-corrected chi connectivity index (χ1v) is 15.6. The number of ether oxygens (including phenoxy) is 2. The van der Waals surface area contributed by atoms with Crippen LogP contribution in [0.25, 0.3) is 0 Å². The van der Waals surface area contributed by atoms with Crippen molar-refractivity contribution in [3.05, 3.63) is 65.7 Å². The van der Waals surface area contributed by atoms with Crippen LogP contribution < -0.4 is 4.74 Å². The molecule has 4 nitrogen and oxygen atoms in total. The Morgan fingerprint density at radius 3 is 2.10 bits per heavy atom. The van der Waals surface area contributed by atoms with Crippen LogP contribution in [-0.2, 0) is 22.5 Å². The van der Waals surface area contributed by atoms with Crippen molar-refractivity contribution in [3.8, 4) is 5.75 Å². The summed E-state index contributed by atoms with van der Waals surface area (Å²) >= 11 is 0. The Morgan fingerprint density at radius 1 is 0.769 bits per heavy atom. The fourth-order valence-electron chi connectivity index (χ4n) is 4.99. The van der Waals surface area contributed by atoms with Gasteiger partial charge in [0.25, 0.3) is 0 Å². The van der Waals surface area contributed by atoms with Crippen molar-refractivity contribution in [1.29, 1.82) is 0 Å². The summed E-state index contributed by atoms with van der Waals surface area (Å²) in [6.45, 7) is 7.11. The van der Waals surface area contributed by atoms with Crippen LogP contribution in [0.2, 0.25) is 0 Å². The Balaban J connectivity index is 1.53. The van der Waals surface area contributed by atoms with E-state index in [0.29, 0.717) is 19.6 Å². The number of benzene rings is 2. The highest BCUT2D eigenvalue weighted by Crippen LogP contribution is 2.18. The lowest BCUT2D eigenvalue weighted by molar-refractivity contribution is -0.904. The quantitative estimate of drug-likeness (QED) is 0.0854. The minimum atomic E-state index is -0.104. The Labute approximate surface area is 239 Å². The molecule has 2 aromatic carbocycles. The predicted molar refractivity (Wildman–Crippen MR) is 164 cm³/mol. The highest BCUT2D eigenvalue weighted by atomic mass is 16.5. The van der Waals surface area contributed by atoms with E-state index in [1.54, 1.807) is 0 Å². The summed E-state index contributed by atoms with van der Waals surface area (Å²) in [7, 11) is 4.43. The summed E-state index contributed by atoms with van der Waals surface area (Å²) < 4.78 is 12.3. The number of carbonyl (C=O) groups excluding carboxylic acids is 1. The van der Waals surface area contributed by atoms with Gasteiger partial charge in [-0.25, -0.2) is 0 Å². The van der Waals surface area contributed by atoms with Crippen LogP contribution in [0.3, 0.4) is 0 Å². The zero-order valence-corrected chi connectivity index (χ0v) is 25.5. The summed E-state index contributed by atoms with van der Waals surface area (Å²) in [5.41, 5.74) is 2.67. The minimum absolute atomic E-state index is 0.0958. The molecular formula is C35H56NO3+. The Morgan fingerprint density at radius 2 is 1.41 bits per heavy atom. The molecule has 0 spiro atoms. The smallest absolute Gasteiger partial charge is 0.308 e. The highest BCUT2D eigenvalue weighted by molar-refractivity contribution is 5.71. The van der Waals surface area contributed by atoms with Gasteiger partial charge in [-0.05, 0) is 30.5 Å². The topological polar surface area (TPSA) is 35.5 Å². The first-order chi connectivity index (χ1) is 18.9. The van der Waals surface area contributed by atoms with E-state index in [2.05, 4.69) is 63.5 Å². The second kappa shape index (κ2) is 19.7. The van der Waals surface area contributed by atoms with Crippen molar-refractivity contribution in [1.82, 2.24) is 0 Å². The van der Waals surface area contributed by atoms with E-state index >= 15 is 0 Å². The molecule has 218 valence electrons. The maximum atomic E-state index is 12.5. The van der Waals surface area contributed by atoms with Gasteiger partial charge in [0.15, 0.2) is 0 Å². The summed E-state index contributed by atoms with van der Waals surface area (Å²) in [6.07, 6.45) is 16.3. The van der Waals surface area contributed by atoms with Crippen molar-refractivity contribution in [3.63, 3.8) is 0 Å². The lowest BCUT2D eigenvalue weighted by Crippen LogP contribution is -2.40. The molecule has 0 amide bonds. The lowest BCUT2D eigenvalue weighted by Gasteiger charge is -2.30. The number of carbonyl (C=O) groups is 1. The second-order valence-corrected chi connectivity index (χ2v) is 11.9. The third-order valence-electron chi connectivity index (χ3n) is 7.54. The average Bonchev–Trinajstić information content (AvgIpc) is 2.93. The van der Waals surface area contributed by atoms with Crippen LogP contribution in [-0.4, -0.2) is 44.3 Å². The molecular weight excluding hydrogens is 482 g/mol. The van der Waals surface area contributed by atoms with Crippen LogP contribution in [0.4, 0.5) is 0 Å². The van der Waals surface area contributed by atoms with Crippen LogP contribution in [0, 0.1) is 5.92 Å². The van der Waals surface area contributed by atoms with Crippen molar-refractivity contribution >= 4 is 5.97 Å². The second-order valence-electron chi connectivity index (χ2n) is 11.9. The summed E-state index contributed by atoms with van der Waals surface area (Å²) in [5, 5.41) is 0. The fourth-order valence-corrected chi connectivity index (χ4v) is 4.99. The molecule has 0 N–H and O–H groups in total. The first kappa shape index (κ1) is 32.9. The largest absolute Gasteiger partial charge is 0.493 e. The Bertz CT molecular complexity index is 896. The number of aryl methyl sites for hydroxylation is 1. The van der Waals surface area contributed by atoms with Gasteiger partial charge in [0.05, 0.1) is 39.8 Å². The molecule has 2 aromatic rings. The van der Waals surface area contributed by atoms with E-state index in [1.807, 2.05) is 19.1 Å². The maximum absolute atomic E-state index is 12.5. The van der Waals surface area contributed by atoms with Gasteiger partial charge in [-0.1, -0.05) is 114 Å². The number of hydrogen-bond donors (Lipinski definition) is 0. The molecule has 1 unspecified atom stereocenters. The van der Waals surface area contributed by atoms with E-state index in [1.165, 1.54) is 75.3 Å². The van der Waals surface area contributed by atoms with Crippen molar-refractivity contribution in [2.75, 3.05) is 33.9 Å². The number of esters is 1. The van der Waals surface area contributed by atoms with E-state index < -0.39 is 0 Å².